The molecule has 0 radical (unpaired) electrons. The topological polar surface area (TPSA) is 29.5 Å². The Morgan fingerprint density at radius 3 is 2.21 bits per heavy atom. The Hall–Kier alpha value is -2.17. The van der Waals surface area contributed by atoms with Gasteiger partial charge < -0.3 is 9.84 Å². The van der Waals surface area contributed by atoms with E-state index in [4.69, 9.17) is 4.74 Å². The molecule has 1 aliphatic rings. The first kappa shape index (κ1) is 27.1. The number of aromatic hydroxyl groups is 1. The smallest absolute Gasteiger partial charge is 0.412 e. The second kappa shape index (κ2) is 11.3. The number of allylic oxidation sites excluding steroid dienone is 6. The average Bonchev–Trinajstić information content (AvgIpc) is 2.71. The largest absolute Gasteiger partial charge is 0.507 e. The van der Waals surface area contributed by atoms with E-state index in [-0.39, 0.29) is 5.60 Å². The summed E-state index contributed by atoms with van der Waals surface area (Å²) in [6.07, 6.45) is 8.12. The molecule has 2 rings (SSSR count). The van der Waals surface area contributed by atoms with Gasteiger partial charge >= 0.3 is 6.18 Å². The second-order valence-electron chi connectivity index (χ2n) is 9.80. The normalized spacial score (nSPS) is 20.0. The summed E-state index contributed by atoms with van der Waals surface area (Å²) in [6, 6.07) is 1.95. The van der Waals surface area contributed by atoms with Gasteiger partial charge in [0.2, 0.25) is 0 Å². The van der Waals surface area contributed by atoms with Crippen LogP contribution in [0.2, 0.25) is 0 Å². The summed E-state index contributed by atoms with van der Waals surface area (Å²) in [7, 11) is 0. The molecule has 0 saturated heterocycles. The number of aryl methyl sites for hydroxylation is 1. The van der Waals surface area contributed by atoms with E-state index in [0.717, 1.165) is 73.5 Å². The van der Waals surface area contributed by atoms with E-state index in [0.29, 0.717) is 18.6 Å². The number of fused-ring (bicyclic) bond motifs is 1. The molecule has 1 aromatic rings. The van der Waals surface area contributed by atoms with Crippen molar-refractivity contribution in [2.24, 2.45) is 0 Å². The van der Waals surface area contributed by atoms with Crippen LogP contribution in [0, 0.1) is 13.8 Å². The zero-order valence-electron chi connectivity index (χ0n) is 21.0. The fraction of sp³-hybridized carbons (Fsp3) is 0.571. The molecule has 2 nitrogen and oxygen atoms in total. The van der Waals surface area contributed by atoms with Crippen LogP contribution >= 0.6 is 0 Å². The van der Waals surface area contributed by atoms with E-state index in [1.807, 2.05) is 26.8 Å². The summed E-state index contributed by atoms with van der Waals surface area (Å²) in [5.74, 6) is 1.27. The number of phenols is 1. The fourth-order valence-corrected chi connectivity index (χ4v) is 4.27. The Balaban J connectivity index is 1.79. The maximum Gasteiger partial charge on any atom is 0.412 e. The lowest BCUT2D eigenvalue weighted by atomic mass is 9.86. The SMILES string of the molecule is C/C(=C/CC/C(C)=C/CC/C(C)=C/CCC1(C)CCc2c(cc(C)c(O)c2C)O1)C(F)(F)F. The molecule has 5 heteroatoms. The highest BCUT2D eigenvalue weighted by atomic mass is 19.4. The van der Waals surface area contributed by atoms with Crippen molar-refractivity contribution in [1.82, 2.24) is 0 Å². The molecule has 0 bridgehead atoms. The van der Waals surface area contributed by atoms with Crippen LogP contribution in [0.3, 0.4) is 0 Å². The van der Waals surface area contributed by atoms with E-state index in [9.17, 15) is 18.3 Å². The summed E-state index contributed by atoms with van der Waals surface area (Å²) in [4.78, 5) is 0. The molecule has 1 N–H and O–H groups in total. The number of halogens is 3. The van der Waals surface area contributed by atoms with Gasteiger partial charge in [-0.25, -0.2) is 0 Å². The van der Waals surface area contributed by atoms with Crippen molar-refractivity contribution in [2.45, 2.75) is 105 Å². The first-order valence-corrected chi connectivity index (χ1v) is 11.9. The number of benzene rings is 1. The minimum Gasteiger partial charge on any atom is -0.507 e. The van der Waals surface area contributed by atoms with Crippen LogP contribution in [0.5, 0.6) is 11.5 Å². The molecule has 0 aromatic heterocycles. The molecule has 0 amide bonds. The third-order valence-electron chi connectivity index (χ3n) is 6.72. The maximum absolute atomic E-state index is 12.5. The van der Waals surface area contributed by atoms with Crippen molar-refractivity contribution in [1.29, 1.82) is 0 Å². The van der Waals surface area contributed by atoms with Gasteiger partial charge in [-0.1, -0.05) is 29.4 Å². The van der Waals surface area contributed by atoms with Gasteiger partial charge in [0.25, 0.3) is 0 Å². The number of alkyl halides is 3. The number of rotatable bonds is 9. The minimum absolute atomic E-state index is 0.210. The van der Waals surface area contributed by atoms with Crippen molar-refractivity contribution in [3.63, 3.8) is 0 Å². The lowest BCUT2D eigenvalue weighted by molar-refractivity contribution is -0.0915. The predicted octanol–water partition coefficient (Wildman–Crippen LogP) is 8.83. The summed E-state index contributed by atoms with van der Waals surface area (Å²) in [5.41, 5.74) is 4.62. The van der Waals surface area contributed by atoms with Crippen LogP contribution in [-0.4, -0.2) is 16.9 Å². The highest BCUT2D eigenvalue weighted by molar-refractivity contribution is 5.53. The maximum atomic E-state index is 12.5. The van der Waals surface area contributed by atoms with Crippen molar-refractivity contribution in [3.05, 3.63) is 57.7 Å². The average molecular weight is 465 g/mol. The van der Waals surface area contributed by atoms with Crippen molar-refractivity contribution in [2.75, 3.05) is 0 Å². The van der Waals surface area contributed by atoms with Crippen molar-refractivity contribution >= 4 is 0 Å². The van der Waals surface area contributed by atoms with Crippen LogP contribution in [0.4, 0.5) is 13.2 Å². The van der Waals surface area contributed by atoms with Crippen LogP contribution in [0.15, 0.2) is 41.0 Å². The van der Waals surface area contributed by atoms with E-state index in [1.165, 1.54) is 11.6 Å². The van der Waals surface area contributed by atoms with Gasteiger partial charge in [-0.2, -0.15) is 13.2 Å². The summed E-state index contributed by atoms with van der Waals surface area (Å²) < 4.78 is 43.9. The molecule has 0 saturated carbocycles. The third kappa shape index (κ3) is 7.97. The van der Waals surface area contributed by atoms with E-state index >= 15 is 0 Å². The monoisotopic (exact) mass is 464 g/mol. The molecule has 0 spiro atoms. The molecular weight excluding hydrogens is 425 g/mol. The molecular formula is C28H39F3O2. The molecule has 184 valence electrons. The second-order valence-corrected chi connectivity index (χ2v) is 9.80. The van der Waals surface area contributed by atoms with Gasteiger partial charge in [0.05, 0.1) is 0 Å². The number of hydrogen-bond donors (Lipinski definition) is 1. The first-order chi connectivity index (χ1) is 15.3. The van der Waals surface area contributed by atoms with Crippen molar-refractivity contribution in [3.8, 4) is 11.5 Å². The van der Waals surface area contributed by atoms with Crippen LogP contribution < -0.4 is 4.74 Å². The van der Waals surface area contributed by atoms with Gasteiger partial charge in [0, 0.05) is 11.1 Å². The number of ether oxygens (including phenoxy) is 1. The van der Waals surface area contributed by atoms with Gasteiger partial charge in [-0.15, -0.1) is 0 Å². The van der Waals surface area contributed by atoms with Gasteiger partial charge in [0.15, 0.2) is 0 Å². The first-order valence-electron chi connectivity index (χ1n) is 11.9. The fourth-order valence-electron chi connectivity index (χ4n) is 4.27. The van der Waals surface area contributed by atoms with Crippen LogP contribution in [0.1, 0.15) is 89.3 Å². The Morgan fingerprint density at radius 2 is 1.61 bits per heavy atom. The number of hydrogen-bond acceptors (Lipinski definition) is 2. The lowest BCUT2D eigenvalue weighted by Gasteiger charge is -2.37. The van der Waals surface area contributed by atoms with E-state index in [2.05, 4.69) is 26.0 Å². The highest BCUT2D eigenvalue weighted by Crippen LogP contribution is 2.41. The zero-order chi connectivity index (χ0) is 24.8. The Morgan fingerprint density at radius 1 is 1.03 bits per heavy atom. The van der Waals surface area contributed by atoms with Gasteiger partial charge in [-0.3, -0.25) is 0 Å². The zero-order valence-corrected chi connectivity index (χ0v) is 21.0. The summed E-state index contributed by atoms with van der Waals surface area (Å²) in [5, 5.41) is 10.2. The Bertz CT molecular complexity index is 922. The molecule has 0 aliphatic carbocycles. The molecule has 1 atom stereocenters. The molecule has 1 unspecified atom stereocenters. The molecule has 1 aromatic carbocycles. The van der Waals surface area contributed by atoms with Crippen LogP contribution in [0.25, 0.3) is 0 Å². The molecule has 1 heterocycles. The third-order valence-corrected chi connectivity index (χ3v) is 6.72. The van der Waals surface area contributed by atoms with Gasteiger partial charge in [0.1, 0.15) is 17.1 Å². The van der Waals surface area contributed by atoms with Crippen molar-refractivity contribution < 1.29 is 23.0 Å². The van der Waals surface area contributed by atoms with E-state index in [1.54, 1.807) is 0 Å². The minimum atomic E-state index is -4.22. The quantitative estimate of drug-likeness (QED) is 0.370. The summed E-state index contributed by atoms with van der Waals surface area (Å²) in [6.45, 7) is 11.3. The Kier molecular flexibility index (Phi) is 9.28. The molecule has 33 heavy (non-hydrogen) atoms. The van der Waals surface area contributed by atoms with Gasteiger partial charge in [-0.05, 0) is 110 Å². The summed E-state index contributed by atoms with van der Waals surface area (Å²) >= 11 is 0. The predicted molar refractivity (Wildman–Crippen MR) is 130 cm³/mol. The number of phenolic OH excluding ortho intramolecular Hbond substituents is 1. The lowest BCUT2D eigenvalue weighted by Crippen LogP contribution is -2.36. The highest BCUT2D eigenvalue weighted by Gasteiger charge is 2.32. The molecule has 1 aliphatic heterocycles. The standard InChI is InChI=1S/C28H39F3O2/c1-19(12-8-14-22(4)28(29,30)31)10-7-11-20(2)13-9-16-27(6)17-15-24-23(5)26(32)21(3)18-25(24)33-27/h10,13-14,18,32H,7-9,11-12,15-17H2,1-6H3/b19-10+,20-13+,22-14-. The Labute approximate surface area is 197 Å². The van der Waals surface area contributed by atoms with Crippen LogP contribution in [-0.2, 0) is 6.42 Å². The molecule has 0 fully saturated rings. The van der Waals surface area contributed by atoms with E-state index < -0.39 is 11.7 Å².